The van der Waals surface area contributed by atoms with Gasteiger partial charge in [0.25, 0.3) is 5.91 Å². The van der Waals surface area contributed by atoms with Gasteiger partial charge in [0.05, 0.1) is 13.2 Å². The Kier molecular flexibility index (Phi) is 14.4. The van der Waals surface area contributed by atoms with Gasteiger partial charge in [0.1, 0.15) is 29.9 Å². The zero-order valence-corrected chi connectivity index (χ0v) is 27.3. The Morgan fingerprint density at radius 3 is 2.04 bits per heavy atom. The standard InChI is InChI=1S/C34H45N3O9/c1-8-20-43-22-27(37-32(42)44-21-23-12-10-9-11-13-23)30(40)35-25-16-14-24(15-17-25)29(39)36-26(31(41)46-34(5,6)7)18-19-28(38)45-33(2,3)4/h8-17,26-27H,1,18-22H2,2-7H3,(H,35,40)(H,36,39)(H,37,42)/t26-,27-/m0/s1. The lowest BCUT2D eigenvalue weighted by Gasteiger charge is -2.25. The molecule has 0 heterocycles. The number of carbonyl (C=O) groups is 5. The highest BCUT2D eigenvalue weighted by molar-refractivity contribution is 5.99. The van der Waals surface area contributed by atoms with Crippen LogP contribution in [-0.4, -0.2) is 66.3 Å². The first kappa shape index (κ1) is 37.5. The highest BCUT2D eigenvalue weighted by Crippen LogP contribution is 2.15. The number of ether oxygens (including phenoxy) is 4. The summed E-state index contributed by atoms with van der Waals surface area (Å²) in [6.07, 6.45) is 0.569. The lowest BCUT2D eigenvalue weighted by molar-refractivity contribution is -0.158. The van der Waals surface area contributed by atoms with Crippen molar-refractivity contribution in [3.8, 4) is 0 Å². The van der Waals surface area contributed by atoms with Gasteiger partial charge in [0, 0.05) is 17.7 Å². The number of hydrogen-bond acceptors (Lipinski definition) is 9. The lowest BCUT2D eigenvalue weighted by atomic mass is 10.1. The number of esters is 2. The minimum absolute atomic E-state index is 0.0217. The molecule has 0 saturated heterocycles. The summed E-state index contributed by atoms with van der Waals surface area (Å²) >= 11 is 0. The van der Waals surface area contributed by atoms with E-state index < -0.39 is 53.1 Å². The maximum atomic E-state index is 13.1. The first-order chi connectivity index (χ1) is 21.6. The van der Waals surface area contributed by atoms with Gasteiger partial charge in [-0.25, -0.2) is 9.59 Å². The van der Waals surface area contributed by atoms with Crippen molar-refractivity contribution < 1.29 is 42.9 Å². The van der Waals surface area contributed by atoms with Crippen molar-refractivity contribution in [1.82, 2.24) is 10.6 Å². The highest BCUT2D eigenvalue weighted by atomic mass is 16.6. The molecule has 12 heteroatoms. The molecule has 2 aromatic carbocycles. The van der Waals surface area contributed by atoms with Crippen LogP contribution in [0, 0.1) is 0 Å². The topological polar surface area (TPSA) is 158 Å². The van der Waals surface area contributed by atoms with Gasteiger partial charge in [-0.15, -0.1) is 6.58 Å². The Morgan fingerprint density at radius 2 is 1.46 bits per heavy atom. The predicted octanol–water partition coefficient (Wildman–Crippen LogP) is 4.68. The molecule has 2 atom stereocenters. The maximum Gasteiger partial charge on any atom is 0.408 e. The molecule has 3 N–H and O–H groups in total. The number of anilines is 1. The average molecular weight is 640 g/mol. The van der Waals surface area contributed by atoms with Crippen LogP contribution in [0.15, 0.2) is 67.3 Å². The van der Waals surface area contributed by atoms with Crippen LogP contribution >= 0.6 is 0 Å². The van der Waals surface area contributed by atoms with Crippen LogP contribution in [0.1, 0.15) is 70.3 Å². The molecule has 46 heavy (non-hydrogen) atoms. The van der Waals surface area contributed by atoms with Crippen LogP contribution in [0.5, 0.6) is 0 Å². The Labute approximate surface area is 270 Å². The van der Waals surface area contributed by atoms with Crippen molar-refractivity contribution in [3.05, 3.63) is 78.4 Å². The molecule has 3 amide bonds. The lowest BCUT2D eigenvalue weighted by Crippen LogP contribution is -2.47. The van der Waals surface area contributed by atoms with Gasteiger partial charge in [-0.2, -0.15) is 0 Å². The summed E-state index contributed by atoms with van der Waals surface area (Å²) in [7, 11) is 0. The number of rotatable bonds is 15. The Hall–Kier alpha value is -4.71. The van der Waals surface area contributed by atoms with E-state index in [1.807, 2.05) is 18.2 Å². The fraction of sp³-hybridized carbons (Fsp3) is 0.441. The van der Waals surface area contributed by atoms with Crippen molar-refractivity contribution in [1.29, 1.82) is 0 Å². The average Bonchev–Trinajstić information content (AvgIpc) is 2.96. The van der Waals surface area contributed by atoms with Crippen molar-refractivity contribution >= 4 is 35.5 Å². The second-order valence-electron chi connectivity index (χ2n) is 12.3. The fourth-order valence-corrected chi connectivity index (χ4v) is 3.81. The van der Waals surface area contributed by atoms with E-state index in [4.69, 9.17) is 18.9 Å². The molecule has 0 fully saturated rings. The van der Waals surface area contributed by atoms with Crippen molar-refractivity contribution in [2.24, 2.45) is 0 Å². The summed E-state index contributed by atoms with van der Waals surface area (Å²) in [5.74, 6) is -2.36. The second-order valence-corrected chi connectivity index (χ2v) is 12.3. The fourth-order valence-electron chi connectivity index (χ4n) is 3.81. The quantitative estimate of drug-likeness (QED) is 0.109. The van der Waals surface area contributed by atoms with Gasteiger partial charge < -0.3 is 34.9 Å². The molecule has 0 aliphatic carbocycles. The monoisotopic (exact) mass is 639 g/mol. The van der Waals surface area contributed by atoms with E-state index in [9.17, 15) is 24.0 Å². The SMILES string of the molecule is C=CCOC[C@H](NC(=O)OCc1ccccc1)C(=O)Nc1ccc(C(=O)N[C@@H](CCC(=O)OC(C)(C)C)C(=O)OC(C)(C)C)cc1. The van der Waals surface area contributed by atoms with Crippen molar-refractivity contribution in [2.75, 3.05) is 18.5 Å². The summed E-state index contributed by atoms with van der Waals surface area (Å²) in [5.41, 5.74) is -0.195. The van der Waals surface area contributed by atoms with Gasteiger partial charge in [-0.1, -0.05) is 36.4 Å². The molecule has 2 aromatic rings. The Bertz CT molecular complexity index is 1330. The van der Waals surface area contributed by atoms with E-state index in [1.54, 1.807) is 53.7 Å². The smallest absolute Gasteiger partial charge is 0.408 e. The molecule has 0 radical (unpaired) electrons. The molecular formula is C34H45N3O9. The number of hydrogen-bond donors (Lipinski definition) is 3. The number of alkyl carbamates (subject to hydrolysis) is 1. The molecule has 0 unspecified atom stereocenters. The van der Waals surface area contributed by atoms with Gasteiger partial charge >= 0.3 is 18.0 Å². The number of carbonyl (C=O) groups excluding carboxylic acids is 5. The van der Waals surface area contributed by atoms with E-state index in [-0.39, 0.29) is 38.2 Å². The molecule has 0 aromatic heterocycles. The maximum absolute atomic E-state index is 13.1. The Balaban J connectivity index is 2.05. The van der Waals surface area contributed by atoms with Gasteiger partial charge in [0.15, 0.2) is 0 Å². The molecule has 250 valence electrons. The Morgan fingerprint density at radius 1 is 0.826 bits per heavy atom. The first-order valence-electron chi connectivity index (χ1n) is 14.9. The summed E-state index contributed by atoms with van der Waals surface area (Å²) < 4.78 is 21.4. The van der Waals surface area contributed by atoms with Crippen molar-refractivity contribution in [2.45, 2.75) is 84.3 Å². The summed E-state index contributed by atoms with van der Waals surface area (Å²) in [6, 6.07) is 12.8. The van der Waals surface area contributed by atoms with E-state index in [0.717, 1.165) is 5.56 Å². The third kappa shape index (κ3) is 14.8. The van der Waals surface area contributed by atoms with Gasteiger partial charge in [0.2, 0.25) is 5.91 Å². The molecule has 2 rings (SSSR count). The summed E-state index contributed by atoms with van der Waals surface area (Å²) in [6.45, 7) is 13.9. The minimum Gasteiger partial charge on any atom is -0.460 e. The van der Waals surface area contributed by atoms with Crippen LogP contribution < -0.4 is 16.0 Å². The molecule has 0 bridgehead atoms. The largest absolute Gasteiger partial charge is 0.460 e. The van der Waals surface area contributed by atoms with Crippen LogP contribution in [0.3, 0.4) is 0 Å². The van der Waals surface area contributed by atoms with Crippen molar-refractivity contribution in [3.63, 3.8) is 0 Å². The number of nitrogens with one attached hydrogen (secondary N) is 3. The molecule has 0 spiro atoms. The zero-order valence-electron chi connectivity index (χ0n) is 27.3. The minimum atomic E-state index is -1.11. The zero-order chi connectivity index (χ0) is 34.3. The van der Waals surface area contributed by atoms with Crippen LogP contribution in [0.4, 0.5) is 10.5 Å². The molecule has 0 aliphatic heterocycles. The molecule has 12 nitrogen and oxygen atoms in total. The number of amides is 3. The van der Waals surface area contributed by atoms with E-state index in [1.165, 1.54) is 30.3 Å². The third-order valence-corrected chi connectivity index (χ3v) is 5.81. The number of benzene rings is 2. The molecule has 0 saturated carbocycles. The first-order valence-corrected chi connectivity index (χ1v) is 14.9. The van der Waals surface area contributed by atoms with Crippen LogP contribution in [-0.2, 0) is 39.9 Å². The van der Waals surface area contributed by atoms with Crippen LogP contribution in [0.2, 0.25) is 0 Å². The van der Waals surface area contributed by atoms with Gasteiger partial charge in [-0.05, 0) is 77.8 Å². The van der Waals surface area contributed by atoms with Crippen LogP contribution in [0.25, 0.3) is 0 Å². The summed E-state index contributed by atoms with van der Waals surface area (Å²) in [4.78, 5) is 63.6. The van der Waals surface area contributed by atoms with E-state index in [2.05, 4.69) is 22.5 Å². The normalized spacial score (nSPS) is 12.6. The summed E-state index contributed by atoms with van der Waals surface area (Å²) in [5, 5.41) is 7.81. The predicted molar refractivity (Wildman–Crippen MR) is 172 cm³/mol. The van der Waals surface area contributed by atoms with E-state index >= 15 is 0 Å². The third-order valence-electron chi connectivity index (χ3n) is 5.81. The highest BCUT2D eigenvalue weighted by Gasteiger charge is 2.29. The van der Waals surface area contributed by atoms with E-state index in [0.29, 0.717) is 5.69 Å². The molecular weight excluding hydrogens is 594 g/mol. The second kappa shape index (κ2) is 17.7. The molecule has 0 aliphatic rings. The van der Waals surface area contributed by atoms with Gasteiger partial charge in [-0.3, -0.25) is 14.4 Å².